The van der Waals surface area contributed by atoms with Crippen LogP contribution in [0.25, 0.3) is 0 Å². The monoisotopic (exact) mass is 443 g/mol. The molecule has 0 bridgehead atoms. The molecule has 1 saturated heterocycles. The Morgan fingerprint density at radius 2 is 1.41 bits per heavy atom. The molecule has 0 aliphatic carbocycles. The number of aliphatic hydroxyl groups excluding tert-OH is 1. The summed E-state index contributed by atoms with van der Waals surface area (Å²) in [4.78, 5) is 14.4. The van der Waals surface area contributed by atoms with E-state index in [-0.39, 0.29) is 17.0 Å². The van der Waals surface area contributed by atoms with Crippen molar-refractivity contribution in [1.29, 1.82) is 0 Å². The lowest BCUT2D eigenvalue weighted by Crippen LogP contribution is -2.52. The SMILES string of the molecule is CC(=O)S[C@H]1CCN(C(c2ccccc2)(c2ccccc2)c2ccccc2)C/C1=C\CO. The van der Waals surface area contributed by atoms with Crippen LogP contribution in [-0.4, -0.2) is 40.1 Å². The van der Waals surface area contributed by atoms with Crippen molar-refractivity contribution in [3.05, 3.63) is 119 Å². The third kappa shape index (κ3) is 4.44. The molecule has 0 saturated carbocycles. The van der Waals surface area contributed by atoms with E-state index in [9.17, 15) is 9.90 Å². The summed E-state index contributed by atoms with van der Waals surface area (Å²) < 4.78 is 0. The molecule has 3 nitrogen and oxygen atoms in total. The Kier molecular flexibility index (Phi) is 7.26. The first kappa shape index (κ1) is 22.5. The van der Waals surface area contributed by atoms with E-state index in [0.717, 1.165) is 18.5 Å². The number of benzene rings is 3. The molecule has 4 rings (SSSR count). The number of hydrogen-bond donors (Lipinski definition) is 1. The van der Waals surface area contributed by atoms with E-state index in [0.29, 0.717) is 6.54 Å². The predicted octanol–water partition coefficient (Wildman–Crippen LogP) is 5.25. The van der Waals surface area contributed by atoms with Crippen LogP contribution in [0.4, 0.5) is 0 Å². The third-order valence-corrected chi connectivity index (χ3v) is 7.31. The molecule has 0 radical (unpaired) electrons. The number of carbonyl (C=O) groups is 1. The smallest absolute Gasteiger partial charge is 0.186 e. The van der Waals surface area contributed by atoms with Crippen molar-refractivity contribution in [2.45, 2.75) is 24.1 Å². The van der Waals surface area contributed by atoms with Crippen molar-refractivity contribution >= 4 is 16.9 Å². The molecule has 3 aromatic carbocycles. The van der Waals surface area contributed by atoms with E-state index < -0.39 is 5.54 Å². The first-order valence-corrected chi connectivity index (χ1v) is 11.9. The summed E-state index contributed by atoms with van der Waals surface area (Å²) >= 11 is 1.38. The van der Waals surface area contributed by atoms with Crippen LogP contribution < -0.4 is 0 Å². The number of carbonyl (C=O) groups excluding carboxylic acids is 1. The van der Waals surface area contributed by atoms with Crippen LogP contribution in [0.1, 0.15) is 30.0 Å². The van der Waals surface area contributed by atoms with Crippen molar-refractivity contribution in [2.75, 3.05) is 19.7 Å². The van der Waals surface area contributed by atoms with Crippen LogP contribution in [0.3, 0.4) is 0 Å². The summed E-state index contributed by atoms with van der Waals surface area (Å²) in [6.07, 6.45) is 2.74. The number of nitrogens with zero attached hydrogens (tertiary/aromatic N) is 1. The second-order valence-corrected chi connectivity index (χ2v) is 9.46. The van der Waals surface area contributed by atoms with Gasteiger partial charge in [-0.25, -0.2) is 0 Å². The van der Waals surface area contributed by atoms with E-state index in [1.807, 2.05) is 6.08 Å². The Morgan fingerprint density at radius 1 is 0.938 bits per heavy atom. The molecule has 0 amide bonds. The van der Waals surface area contributed by atoms with Crippen molar-refractivity contribution in [3.63, 3.8) is 0 Å². The van der Waals surface area contributed by atoms with Gasteiger partial charge in [0.2, 0.25) is 0 Å². The summed E-state index contributed by atoms with van der Waals surface area (Å²) in [7, 11) is 0. The van der Waals surface area contributed by atoms with E-state index in [2.05, 4.69) is 95.9 Å². The zero-order valence-electron chi connectivity index (χ0n) is 18.4. The van der Waals surface area contributed by atoms with Crippen LogP contribution in [-0.2, 0) is 10.3 Å². The van der Waals surface area contributed by atoms with Crippen molar-refractivity contribution in [1.82, 2.24) is 4.90 Å². The Morgan fingerprint density at radius 3 is 1.81 bits per heavy atom. The van der Waals surface area contributed by atoms with Gasteiger partial charge in [0, 0.05) is 25.3 Å². The van der Waals surface area contributed by atoms with Gasteiger partial charge >= 0.3 is 0 Å². The fraction of sp³-hybridized carbons (Fsp3) is 0.250. The molecule has 1 aliphatic rings. The second kappa shape index (κ2) is 10.3. The normalized spacial score (nSPS) is 18.6. The highest BCUT2D eigenvalue weighted by atomic mass is 32.2. The fourth-order valence-corrected chi connectivity index (χ4v) is 5.83. The molecular weight excluding hydrogens is 414 g/mol. The van der Waals surface area contributed by atoms with Gasteiger partial charge in [0.25, 0.3) is 0 Å². The maximum Gasteiger partial charge on any atom is 0.186 e. The molecule has 1 aliphatic heterocycles. The highest BCUT2D eigenvalue weighted by Crippen LogP contribution is 2.45. The van der Waals surface area contributed by atoms with E-state index in [4.69, 9.17) is 0 Å². The van der Waals surface area contributed by atoms with Gasteiger partial charge in [-0.2, -0.15) is 0 Å². The lowest BCUT2D eigenvalue weighted by Gasteiger charge is -2.49. The Bertz CT molecular complexity index is 954. The lowest BCUT2D eigenvalue weighted by molar-refractivity contribution is -0.109. The largest absolute Gasteiger partial charge is 0.392 e. The summed E-state index contributed by atoms with van der Waals surface area (Å²) in [5.74, 6) is 0. The Hall–Kier alpha value is -2.66. The zero-order valence-corrected chi connectivity index (χ0v) is 19.2. The van der Waals surface area contributed by atoms with Gasteiger partial charge in [0.05, 0.1) is 12.1 Å². The maximum atomic E-state index is 11.9. The molecule has 1 atom stereocenters. The Balaban J connectivity index is 1.90. The molecule has 1 N–H and O–H groups in total. The summed E-state index contributed by atoms with van der Waals surface area (Å²) in [5, 5.41) is 9.95. The summed E-state index contributed by atoms with van der Waals surface area (Å²) in [5.41, 5.74) is 4.26. The van der Waals surface area contributed by atoms with E-state index in [1.165, 1.54) is 28.5 Å². The number of thioether (sulfide) groups is 1. The quantitative estimate of drug-likeness (QED) is 0.417. The fourth-order valence-electron chi connectivity index (χ4n) is 4.88. The minimum Gasteiger partial charge on any atom is -0.392 e. The highest BCUT2D eigenvalue weighted by Gasteiger charge is 2.44. The van der Waals surface area contributed by atoms with Gasteiger partial charge in [-0.1, -0.05) is 109 Å². The summed E-state index contributed by atoms with van der Waals surface area (Å²) in [6.45, 7) is 3.12. The van der Waals surface area contributed by atoms with Gasteiger partial charge in [-0.15, -0.1) is 0 Å². The topological polar surface area (TPSA) is 40.5 Å². The number of aliphatic hydroxyl groups is 1. The predicted molar refractivity (Wildman–Crippen MR) is 133 cm³/mol. The van der Waals surface area contributed by atoms with E-state index >= 15 is 0 Å². The van der Waals surface area contributed by atoms with E-state index in [1.54, 1.807) is 6.92 Å². The van der Waals surface area contributed by atoms with Crippen LogP contribution in [0, 0.1) is 0 Å². The number of rotatable bonds is 6. The summed E-state index contributed by atoms with van der Waals surface area (Å²) in [6, 6.07) is 31.9. The zero-order chi connectivity index (χ0) is 22.4. The van der Waals surface area contributed by atoms with Crippen LogP contribution in [0.2, 0.25) is 0 Å². The molecule has 0 spiro atoms. The highest BCUT2D eigenvalue weighted by molar-refractivity contribution is 8.14. The number of piperidine rings is 1. The number of likely N-dealkylation sites (tertiary alicyclic amines) is 1. The molecule has 32 heavy (non-hydrogen) atoms. The first-order valence-electron chi connectivity index (χ1n) is 11.0. The number of hydrogen-bond acceptors (Lipinski definition) is 4. The minimum atomic E-state index is -0.482. The van der Waals surface area contributed by atoms with Gasteiger partial charge < -0.3 is 5.11 Å². The minimum absolute atomic E-state index is 0.0207. The van der Waals surface area contributed by atoms with Gasteiger partial charge in [-0.3, -0.25) is 9.69 Å². The molecule has 1 heterocycles. The van der Waals surface area contributed by atoms with Gasteiger partial charge in [0.15, 0.2) is 5.12 Å². The molecule has 164 valence electrons. The Labute approximate surface area is 194 Å². The molecule has 3 aromatic rings. The van der Waals surface area contributed by atoms with Crippen molar-refractivity contribution in [2.24, 2.45) is 0 Å². The third-order valence-electron chi connectivity index (χ3n) is 6.16. The second-order valence-electron chi connectivity index (χ2n) is 8.08. The molecule has 0 aromatic heterocycles. The lowest BCUT2D eigenvalue weighted by atomic mass is 9.74. The molecule has 4 heteroatoms. The van der Waals surface area contributed by atoms with Crippen LogP contribution in [0.5, 0.6) is 0 Å². The van der Waals surface area contributed by atoms with Gasteiger partial charge in [-0.05, 0) is 28.7 Å². The van der Waals surface area contributed by atoms with Crippen LogP contribution >= 0.6 is 11.8 Å². The average Bonchev–Trinajstić information content (AvgIpc) is 2.83. The molecule has 1 fully saturated rings. The van der Waals surface area contributed by atoms with Gasteiger partial charge in [0.1, 0.15) is 0 Å². The first-order chi connectivity index (χ1) is 15.7. The standard InChI is InChI=1S/C28H29NO2S/c1-22(31)32-27-17-19-29(21-23(27)18-20-30)28(24-11-5-2-6-12-24,25-13-7-3-8-14-25)26-15-9-4-10-16-26/h2-16,18,27,30H,17,19-21H2,1H3/b23-18+/t27-/m0/s1. The average molecular weight is 444 g/mol. The molecule has 0 unspecified atom stereocenters. The molecular formula is C28H29NO2S. The maximum absolute atomic E-state index is 11.9. The van der Waals surface area contributed by atoms with Crippen molar-refractivity contribution < 1.29 is 9.90 Å². The van der Waals surface area contributed by atoms with Crippen molar-refractivity contribution in [3.8, 4) is 0 Å². The van der Waals surface area contributed by atoms with Crippen LogP contribution in [0.15, 0.2) is 103 Å².